The van der Waals surface area contributed by atoms with E-state index in [1.807, 2.05) is 36.4 Å². The molecule has 0 atom stereocenters. The Labute approximate surface area is 88.5 Å². The Kier molecular flexibility index (Phi) is 1.68. The van der Waals surface area contributed by atoms with Gasteiger partial charge in [0.15, 0.2) is 9.84 Å². The van der Waals surface area contributed by atoms with E-state index in [2.05, 4.69) is 0 Å². The average molecular weight is 218 g/mol. The summed E-state index contributed by atoms with van der Waals surface area (Å²) in [6, 6.07) is 12.0. The molecule has 15 heavy (non-hydrogen) atoms. The summed E-state index contributed by atoms with van der Waals surface area (Å²) in [6.45, 7) is 0. The molecule has 3 rings (SSSR count). The third-order valence-electron chi connectivity index (χ3n) is 2.82. The molecule has 0 unspecified atom stereocenters. The van der Waals surface area contributed by atoms with E-state index in [-0.39, 0.29) is 11.5 Å². The monoisotopic (exact) mass is 218 g/mol. The average Bonchev–Trinajstić information content (AvgIpc) is 2.46. The van der Waals surface area contributed by atoms with Crippen molar-refractivity contribution in [1.29, 1.82) is 0 Å². The summed E-state index contributed by atoms with van der Waals surface area (Å²) in [5, 5.41) is 2.24. The van der Waals surface area contributed by atoms with E-state index in [9.17, 15) is 8.42 Å². The van der Waals surface area contributed by atoms with Crippen LogP contribution in [0.15, 0.2) is 36.4 Å². The van der Waals surface area contributed by atoms with Gasteiger partial charge in [0.1, 0.15) is 0 Å². The predicted molar refractivity (Wildman–Crippen MR) is 60.3 cm³/mol. The van der Waals surface area contributed by atoms with E-state index in [1.54, 1.807) is 0 Å². The summed E-state index contributed by atoms with van der Waals surface area (Å²) in [7, 11) is -2.88. The molecule has 0 radical (unpaired) electrons. The number of benzene rings is 2. The van der Waals surface area contributed by atoms with Crippen LogP contribution in [-0.4, -0.2) is 8.42 Å². The second-order valence-electron chi connectivity index (χ2n) is 4.00. The number of hydrogen-bond acceptors (Lipinski definition) is 2. The van der Waals surface area contributed by atoms with Gasteiger partial charge in [0.2, 0.25) is 0 Å². The zero-order valence-corrected chi connectivity index (χ0v) is 8.92. The van der Waals surface area contributed by atoms with Gasteiger partial charge >= 0.3 is 0 Å². The molecule has 0 saturated heterocycles. The molecule has 1 aliphatic heterocycles. The minimum Gasteiger partial charge on any atom is -0.228 e. The molecule has 0 spiro atoms. The van der Waals surface area contributed by atoms with Gasteiger partial charge in [0.05, 0.1) is 11.5 Å². The van der Waals surface area contributed by atoms with Crippen LogP contribution in [0.3, 0.4) is 0 Å². The molecule has 2 nitrogen and oxygen atoms in total. The standard InChI is InChI=1S/C12H10O2S/c13-15(14)7-11-5-9-3-1-2-4-10(9)6-12(11)8-15/h1-6H,7-8H2. The summed E-state index contributed by atoms with van der Waals surface area (Å²) in [5.41, 5.74) is 1.93. The van der Waals surface area contributed by atoms with Crippen molar-refractivity contribution in [3.63, 3.8) is 0 Å². The van der Waals surface area contributed by atoms with Gasteiger partial charge in [-0.1, -0.05) is 24.3 Å². The van der Waals surface area contributed by atoms with Gasteiger partial charge in [-0.2, -0.15) is 0 Å². The fraction of sp³-hybridized carbons (Fsp3) is 0.167. The fourth-order valence-electron chi connectivity index (χ4n) is 2.13. The maximum Gasteiger partial charge on any atom is 0.158 e. The smallest absolute Gasteiger partial charge is 0.158 e. The highest BCUT2D eigenvalue weighted by molar-refractivity contribution is 7.90. The second-order valence-corrected chi connectivity index (χ2v) is 6.06. The number of hydrogen-bond donors (Lipinski definition) is 0. The van der Waals surface area contributed by atoms with Crippen molar-refractivity contribution in [2.45, 2.75) is 11.5 Å². The van der Waals surface area contributed by atoms with Crippen molar-refractivity contribution in [1.82, 2.24) is 0 Å². The van der Waals surface area contributed by atoms with Crippen LogP contribution in [-0.2, 0) is 21.3 Å². The van der Waals surface area contributed by atoms with E-state index in [4.69, 9.17) is 0 Å². The van der Waals surface area contributed by atoms with E-state index in [0.717, 1.165) is 21.9 Å². The first-order valence-corrected chi connectivity index (χ1v) is 6.67. The zero-order valence-electron chi connectivity index (χ0n) is 8.10. The van der Waals surface area contributed by atoms with Gasteiger partial charge in [-0.25, -0.2) is 8.42 Å². The van der Waals surface area contributed by atoms with Crippen LogP contribution in [0.4, 0.5) is 0 Å². The largest absolute Gasteiger partial charge is 0.228 e. The van der Waals surface area contributed by atoms with Gasteiger partial charge in [-0.15, -0.1) is 0 Å². The third-order valence-corrected chi connectivity index (χ3v) is 4.32. The lowest BCUT2D eigenvalue weighted by Gasteiger charge is -2.00. The molecule has 2 aromatic rings. The number of sulfone groups is 1. The highest BCUT2D eigenvalue weighted by atomic mass is 32.2. The fourth-order valence-corrected chi connectivity index (χ4v) is 3.72. The molecular weight excluding hydrogens is 208 g/mol. The van der Waals surface area contributed by atoms with Crippen molar-refractivity contribution >= 4 is 20.6 Å². The van der Waals surface area contributed by atoms with E-state index >= 15 is 0 Å². The first-order chi connectivity index (χ1) is 7.14. The Morgan fingerprint density at radius 1 is 0.867 bits per heavy atom. The zero-order chi connectivity index (χ0) is 10.5. The summed E-state index contributed by atoms with van der Waals surface area (Å²) < 4.78 is 22.9. The molecule has 3 heteroatoms. The van der Waals surface area contributed by atoms with Gasteiger partial charge in [0, 0.05) is 0 Å². The summed E-state index contributed by atoms with van der Waals surface area (Å²) >= 11 is 0. The van der Waals surface area contributed by atoms with Crippen LogP contribution in [0.2, 0.25) is 0 Å². The molecule has 0 saturated carbocycles. The lowest BCUT2D eigenvalue weighted by Crippen LogP contribution is -1.95. The van der Waals surface area contributed by atoms with Crippen molar-refractivity contribution in [2.24, 2.45) is 0 Å². The molecule has 0 aromatic heterocycles. The molecule has 0 N–H and O–H groups in total. The summed E-state index contributed by atoms with van der Waals surface area (Å²) in [4.78, 5) is 0. The van der Waals surface area contributed by atoms with Crippen LogP contribution in [0.1, 0.15) is 11.1 Å². The van der Waals surface area contributed by atoms with Crippen LogP contribution in [0.5, 0.6) is 0 Å². The molecule has 76 valence electrons. The van der Waals surface area contributed by atoms with Crippen molar-refractivity contribution in [3.05, 3.63) is 47.5 Å². The van der Waals surface area contributed by atoms with Crippen LogP contribution >= 0.6 is 0 Å². The van der Waals surface area contributed by atoms with Crippen molar-refractivity contribution < 1.29 is 8.42 Å². The molecule has 2 aromatic carbocycles. The SMILES string of the molecule is O=S1(=O)Cc2cc3ccccc3cc2C1. The van der Waals surface area contributed by atoms with E-state index in [1.165, 1.54) is 0 Å². The predicted octanol–water partition coefficient (Wildman–Crippen LogP) is 2.27. The van der Waals surface area contributed by atoms with Crippen LogP contribution < -0.4 is 0 Å². The third kappa shape index (κ3) is 1.43. The van der Waals surface area contributed by atoms with Gasteiger partial charge in [-0.05, 0) is 34.0 Å². The highest BCUT2D eigenvalue weighted by Gasteiger charge is 2.24. The summed E-state index contributed by atoms with van der Waals surface area (Å²) in [5.74, 6) is 0.403. The lowest BCUT2D eigenvalue weighted by molar-refractivity contribution is 0.598. The number of fused-ring (bicyclic) bond motifs is 2. The molecule has 0 aliphatic carbocycles. The first-order valence-electron chi connectivity index (χ1n) is 4.85. The maximum absolute atomic E-state index is 11.5. The normalized spacial score (nSPS) is 17.9. The van der Waals surface area contributed by atoms with E-state index in [0.29, 0.717) is 0 Å². The Hall–Kier alpha value is -1.35. The van der Waals surface area contributed by atoms with Crippen molar-refractivity contribution in [3.8, 4) is 0 Å². The Morgan fingerprint density at radius 2 is 1.33 bits per heavy atom. The van der Waals surface area contributed by atoms with Gasteiger partial charge in [0.25, 0.3) is 0 Å². The van der Waals surface area contributed by atoms with Gasteiger partial charge < -0.3 is 0 Å². The molecule has 1 heterocycles. The Bertz CT molecular complexity index is 591. The topological polar surface area (TPSA) is 34.1 Å². The number of rotatable bonds is 0. The molecular formula is C12H10O2S. The van der Waals surface area contributed by atoms with Crippen molar-refractivity contribution in [2.75, 3.05) is 0 Å². The Morgan fingerprint density at radius 3 is 1.80 bits per heavy atom. The molecule has 0 bridgehead atoms. The summed E-state index contributed by atoms with van der Waals surface area (Å²) in [6.07, 6.45) is 0. The molecule has 1 aliphatic rings. The van der Waals surface area contributed by atoms with E-state index < -0.39 is 9.84 Å². The first kappa shape index (κ1) is 8.92. The maximum atomic E-state index is 11.5. The quantitative estimate of drug-likeness (QED) is 0.679. The van der Waals surface area contributed by atoms with Crippen LogP contribution in [0.25, 0.3) is 10.8 Å². The minimum atomic E-state index is -2.88. The van der Waals surface area contributed by atoms with Gasteiger partial charge in [-0.3, -0.25) is 0 Å². The second kappa shape index (κ2) is 2.83. The lowest BCUT2D eigenvalue weighted by atomic mass is 10.0. The molecule has 0 amide bonds. The molecule has 0 fully saturated rings. The van der Waals surface area contributed by atoms with Crippen LogP contribution in [0, 0.1) is 0 Å². The Balaban J connectivity index is 2.32. The highest BCUT2D eigenvalue weighted by Crippen LogP contribution is 2.29. The minimum absolute atomic E-state index is 0.202.